The van der Waals surface area contributed by atoms with Crippen LogP contribution in [0.2, 0.25) is 0 Å². The first-order valence-corrected chi connectivity index (χ1v) is 14.9. The van der Waals surface area contributed by atoms with Crippen LogP contribution >= 0.6 is 0 Å². The SMILES string of the molecule is CC1(CCC2OC2(C)C)CC(CC2(C3CO3)CCC3(CCC4OC4(C)CCC4OC4(C)C)OC3C2)O1. The van der Waals surface area contributed by atoms with E-state index in [1.165, 1.54) is 19.3 Å². The molecule has 0 bridgehead atoms. The minimum Gasteiger partial charge on any atom is -0.373 e. The lowest BCUT2D eigenvalue weighted by Crippen LogP contribution is -2.52. The molecule has 0 aromatic heterocycles. The molecule has 7 fully saturated rings. The fourth-order valence-corrected chi connectivity index (χ4v) is 8.17. The Labute approximate surface area is 217 Å². The summed E-state index contributed by atoms with van der Waals surface area (Å²) in [7, 11) is 0. The summed E-state index contributed by atoms with van der Waals surface area (Å²) >= 11 is 0. The maximum absolute atomic E-state index is 6.54. The van der Waals surface area contributed by atoms with Gasteiger partial charge in [-0.1, -0.05) is 0 Å². The molecule has 10 unspecified atom stereocenters. The molecule has 6 aliphatic heterocycles. The Bertz CT molecular complexity index is 892. The second-order valence-electron chi connectivity index (χ2n) is 15.1. The predicted molar refractivity (Wildman–Crippen MR) is 135 cm³/mol. The first kappa shape index (κ1) is 24.8. The zero-order valence-corrected chi connectivity index (χ0v) is 23.4. The number of ether oxygens (including phenoxy) is 6. The van der Waals surface area contributed by atoms with Crippen LogP contribution in [0.15, 0.2) is 0 Å². The van der Waals surface area contributed by atoms with Crippen LogP contribution in [0.25, 0.3) is 0 Å². The van der Waals surface area contributed by atoms with E-state index < -0.39 is 0 Å². The minimum atomic E-state index is 0.0328. The lowest BCUT2D eigenvalue weighted by atomic mass is 9.63. The van der Waals surface area contributed by atoms with E-state index in [0.717, 1.165) is 58.0 Å². The van der Waals surface area contributed by atoms with Crippen LogP contribution in [0.1, 0.15) is 112 Å². The van der Waals surface area contributed by atoms with Gasteiger partial charge in [-0.25, -0.2) is 0 Å². The predicted octanol–water partition coefficient (Wildman–Crippen LogP) is 5.48. The highest BCUT2D eigenvalue weighted by Gasteiger charge is 2.67. The molecule has 6 nitrogen and oxygen atoms in total. The standard InChI is InChI=1S/C30H48O6/c1-25(2)20(33-25)7-10-27(5)15-19(32-27)16-29(24-18-31-24)13-14-30(23(17-29)36-30)12-9-22-28(6,35-22)11-8-21-26(3,4)34-21/h19-24H,7-18H2,1-6H3. The Morgan fingerprint density at radius 3 is 1.83 bits per heavy atom. The Hall–Kier alpha value is -0.240. The number of hydrogen-bond acceptors (Lipinski definition) is 6. The summed E-state index contributed by atoms with van der Waals surface area (Å²) in [6, 6.07) is 0. The van der Waals surface area contributed by atoms with E-state index in [9.17, 15) is 0 Å². The number of rotatable bonds is 12. The van der Waals surface area contributed by atoms with E-state index in [-0.39, 0.29) is 33.4 Å². The smallest absolute Gasteiger partial charge is 0.0949 e. The molecule has 6 heteroatoms. The highest BCUT2D eigenvalue weighted by atomic mass is 16.6. The van der Waals surface area contributed by atoms with Crippen molar-refractivity contribution in [3.63, 3.8) is 0 Å². The van der Waals surface area contributed by atoms with Gasteiger partial charge >= 0.3 is 0 Å². The fraction of sp³-hybridized carbons (Fsp3) is 1.00. The lowest BCUT2D eigenvalue weighted by Gasteiger charge is -2.50. The molecular weight excluding hydrogens is 456 g/mol. The maximum Gasteiger partial charge on any atom is 0.0949 e. The van der Waals surface area contributed by atoms with Crippen LogP contribution < -0.4 is 0 Å². The van der Waals surface area contributed by atoms with Crippen LogP contribution in [-0.4, -0.2) is 71.2 Å². The van der Waals surface area contributed by atoms with Gasteiger partial charge in [-0.15, -0.1) is 0 Å². The van der Waals surface area contributed by atoms with Crippen molar-refractivity contribution in [2.24, 2.45) is 5.41 Å². The van der Waals surface area contributed by atoms with Crippen molar-refractivity contribution in [1.82, 2.24) is 0 Å². The van der Waals surface area contributed by atoms with Crippen molar-refractivity contribution in [2.75, 3.05) is 6.61 Å². The van der Waals surface area contributed by atoms with Crippen LogP contribution in [0.4, 0.5) is 0 Å². The van der Waals surface area contributed by atoms with Gasteiger partial charge < -0.3 is 28.4 Å². The summed E-state index contributed by atoms with van der Waals surface area (Å²) in [5.74, 6) is 0. The zero-order valence-electron chi connectivity index (χ0n) is 23.4. The molecule has 6 saturated heterocycles. The first-order valence-electron chi connectivity index (χ1n) is 14.9. The fourth-order valence-electron chi connectivity index (χ4n) is 8.17. The molecule has 10 atom stereocenters. The minimum absolute atomic E-state index is 0.0328. The first-order chi connectivity index (χ1) is 16.8. The summed E-state index contributed by atoms with van der Waals surface area (Å²) in [5.41, 5.74) is 0.613. The number of hydrogen-bond donors (Lipinski definition) is 0. The Morgan fingerprint density at radius 2 is 1.25 bits per heavy atom. The van der Waals surface area contributed by atoms with E-state index >= 15 is 0 Å². The molecule has 7 rings (SSSR count). The molecule has 0 aromatic carbocycles. The molecule has 0 radical (unpaired) electrons. The van der Waals surface area contributed by atoms with Gasteiger partial charge in [0.15, 0.2) is 0 Å². The van der Waals surface area contributed by atoms with Crippen molar-refractivity contribution in [2.45, 2.75) is 177 Å². The van der Waals surface area contributed by atoms with Crippen molar-refractivity contribution < 1.29 is 28.4 Å². The normalized spacial score (nSPS) is 54.8. The van der Waals surface area contributed by atoms with Crippen LogP contribution in [0.3, 0.4) is 0 Å². The van der Waals surface area contributed by atoms with E-state index in [0.29, 0.717) is 36.6 Å². The molecule has 6 heterocycles. The van der Waals surface area contributed by atoms with Gasteiger partial charge in [-0.2, -0.15) is 0 Å². The highest BCUT2D eigenvalue weighted by molar-refractivity contribution is 5.15. The largest absolute Gasteiger partial charge is 0.373 e. The molecule has 1 saturated carbocycles. The van der Waals surface area contributed by atoms with E-state index in [1.807, 2.05) is 0 Å². The van der Waals surface area contributed by atoms with E-state index in [2.05, 4.69) is 41.5 Å². The van der Waals surface area contributed by atoms with Gasteiger partial charge in [0.1, 0.15) is 0 Å². The van der Waals surface area contributed by atoms with E-state index in [4.69, 9.17) is 28.4 Å². The molecule has 0 N–H and O–H groups in total. The molecular formula is C30H48O6. The van der Waals surface area contributed by atoms with Crippen LogP contribution in [0.5, 0.6) is 0 Å². The topological polar surface area (TPSA) is 71.9 Å². The maximum atomic E-state index is 6.54. The van der Waals surface area contributed by atoms with Gasteiger partial charge in [0.2, 0.25) is 0 Å². The van der Waals surface area contributed by atoms with E-state index in [1.54, 1.807) is 0 Å². The third kappa shape index (κ3) is 4.50. The summed E-state index contributed by atoms with van der Waals surface area (Å²) in [6.07, 6.45) is 15.0. The molecule has 7 aliphatic rings. The second-order valence-corrected chi connectivity index (χ2v) is 15.1. The Morgan fingerprint density at radius 1 is 0.639 bits per heavy atom. The summed E-state index contributed by atoms with van der Waals surface area (Å²) in [5, 5.41) is 0. The van der Waals surface area contributed by atoms with Crippen molar-refractivity contribution in [3.8, 4) is 0 Å². The van der Waals surface area contributed by atoms with Crippen LogP contribution in [-0.2, 0) is 28.4 Å². The van der Waals surface area contributed by atoms with Crippen molar-refractivity contribution >= 4 is 0 Å². The van der Waals surface area contributed by atoms with Gasteiger partial charge in [0, 0.05) is 11.8 Å². The average Bonchev–Trinajstić information content (AvgIpc) is 3.58. The molecule has 1 aliphatic carbocycles. The summed E-state index contributed by atoms with van der Waals surface area (Å²) in [4.78, 5) is 0. The molecule has 36 heavy (non-hydrogen) atoms. The Kier molecular flexibility index (Phi) is 5.29. The van der Waals surface area contributed by atoms with Crippen molar-refractivity contribution in [1.29, 1.82) is 0 Å². The van der Waals surface area contributed by atoms with Gasteiger partial charge in [0.05, 0.1) is 71.2 Å². The monoisotopic (exact) mass is 504 g/mol. The third-order valence-corrected chi connectivity index (χ3v) is 11.3. The number of epoxide rings is 5. The second kappa shape index (κ2) is 7.69. The molecule has 204 valence electrons. The summed E-state index contributed by atoms with van der Waals surface area (Å²) in [6.45, 7) is 14.3. The molecule has 0 aromatic rings. The van der Waals surface area contributed by atoms with Crippen LogP contribution in [0, 0.1) is 5.41 Å². The molecule has 0 spiro atoms. The zero-order chi connectivity index (χ0) is 25.2. The highest BCUT2D eigenvalue weighted by Crippen LogP contribution is 2.62. The van der Waals surface area contributed by atoms with Gasteiger partial charge in [0.25, 0.3) is 0 Å². The third-order valence-electron chi connectivity index (χ3n) is 11.3. The number of fused-ring (bicyclic) bond motifs is 1. The molecule has 0 amide bonds. The lowest BCUT2D eigenvalue weighted by molar-refractivity contribution is -0.213. The quantitative estimate of drug-likeness (QED) is 0.328. The Balaban J connectivity index is 0.865. The van der Waals surface area contributed by atoms with Gasteiger partial charge in [-0.05, 0) is 106 Å². The summed E-state index contributed by atoms with van der Waals surface area (Å²) < 4.78 is 36.7. The average molecular weight is 505 g/mol. The van der Waals surface area contributed by atoms with Gasteiger partial charge in [-0.3, -0.25) is 0 Å². The van der Waals surface area contributed by atoms with Crippen molar-refractivity contribution in [3.05, 3.63) is 0 Å².